The van der Waals surface area contributed by atoms with Crippen molar-refractivity contribution in [2.75, 3.05) is 13.2 Å². The Morgan fingerprint density at radius 1 is 1.37 bits per heavy atom. The molecule has 4 nitrogen and oxygen atoms in total. The van der Waals surface area contributed by atoms with Gasteiger partial charge >= 0.3 is 0 Å². The van der Waals surface area contributed by atoms with Crippen LogP contribution in [0.4, 0.5) is 0 Å². The van der Waals surface area contributed by atoms with Gasteiger partial charge in [-0.3, -0.25) is 9.78 Å². The maximum absolute atomic E-state index is 12.6. The molecule has 4 heteroatoms. The van der Waals surface area contributed by atoms with Crippen molar-refractivity contribution < 1.29 is 9.53 Å². The second kappa shape index (κ2) is 5.70. The smallest absolute Gasteiger partial charge is 0.228 e. The summed E-state index contributed by atoms with van der Waals surface area (Å²) in [5, 5.41) is 0. The van der Waals surface area contributed by atoms with Crippen molar-refractivity contribution in [2.24, 2.45) is 5.92 Å². The zero-order valence-electron chi connectivity index (χ0n) is 11.1. The number of carbonyl (C=O) groups is 1. The van der Waals surface area contributed by atoms with Crippen LogP contribution in [0.2, 0.25) is 0 Å². The van der Waals surface area contributed by atoms with E-state index >= 15 is 0 Å². The average molecular weight is 260 g/mol. The van der Waals surface area contributed by atoms with Gasteiger partial charge < -0.3 is 9.64 Å². The zero-order chi connectivity index (χ0) is 13.1. The van der Waals surface area contributed by atoms with Gasteiger partial charge in [0.1, 0.15) is 0 Å². The minimum atomic E-state index is 0.0538. The number of hydrogen-bond acceptors (Lipinski definition) is 3. The molecule has 1 aliphatic carbocycles. The van der Waals surface area contributed by atoms with E-state index in [2.05, 4.69) is 4.98 Å². The molecule has 1 unspecified atom stereocenters. The van der Waals surface area contributed by atoms with Crippen LogP contribution in [0.15, 0.2) is 24.4 Å². The predicted molar refractivity (Wildman–Crippen MR) is 71.4 cm³/mol. The first-order valence-electron chi connectivity index (χ1n) is 7.13. The fourth-order valence-corrected chi connectivity index (χ4v) is 2.61. The quantitative estimate of drug-likeness (QED) is 0.831. The summed E-state index contributed by atoms with van der Waals surface area (Å²) >= 11 is 0. The Labute approximate surface area is 113 Å². The summed E-state index contributed by atoms with van der Waals surface area (Å²) in [6, 6.07) is 6.29. The molecular formula is C15H20N2O2. The number of rotatable bonds is 4. The third-order valence-corrected chi connectivity index (χ3v) is 3.84. The Hall–Kier alpha value is -1.42. The summed E-state index contributed by atoms with van der Waals surface area (Å²) in [6.45, 7) is 2.03. The third-order valence-electron chi connectivity index (χ3n) is 3.84. The van der Waals surface area contributed by atoms with Crippen LogP contribution in [0, 0.1) is 5.92 Å². The molecule has 0 bridgehead atoms. The molecule has 0 N–H and O–H groups in total. The Morgan fingerprint density at radius 2 is 2.26 bits per heavy atom. The van der Waals surface area contributed by atoms with Crippen LogP contribution in [0.1, 0.15) is 31.4 Å². The molecule has 19 heavy (non-hydrogen) atoms. The van der Waals surface area contributed by atoms with Crippen LogP contribution < -0.4 is 0 Å². The van der Waals surface area contributed by atoms with Crippen molar-refractivity contribution in [3.63, 3.8) is 0 Å². The summed E-state index contributed by atoms with van der Waals surface area (Å²) in [7, 11) is 0. The molecule has 0 spiro atoms. The van der Waals surface area contributed by atoms with E-state index in [1.54, 1.807) is 6.20 Å². The molecule has 1 aliphatic heterocycles. The van der Waals surface area contributed by atoms with Gasteiger partial charge in [-0.25, -0.2) is 0 Å². The van der Waals surface area contributed by atoms with Gasteiger partial charge in [0, 0.05) is 18.8 Å². The van der Waals surface area contributed by atoms with Crippen LogP contribution in [0.3, 0.4) is 0 Å². The number of nitrogens with zero attached hydrogens (tertiary/aromatic N) is 2. The molecule has 2 heterocycles. The first-order valence-corrected chi connectivity index (χ1v) is 7.13. The summed E-state index contributed by atoms with van der Waals surface area (Å²) in [4.78, 5) is 18.9. The van der Waals surface area contributed by atoms with Crippen LogP contribution in [0.25, 0.3) is 0 Å². The van der Waals surface area contributed by atoms with Crippen LogP contribution in [0.5, 0.6) is 0 Å². The highest BCUT2D eigenvalue weighted by molar-refractivity contribution is 5.79. The summed E-state index contributed by atoms with van der Waals surface area (Å²) in [5.41, 5.74) is 0.972. The third kappa shape index (κ3) is 3.13. The highest BCUT2D eigenvalue weighted by Gasteiger charge is 2.36. The Kier molecular flexibility index (Phi) is 3.78. The first-order chi connectivity index (χ1) is 9.34. The molecule has 3 rings (SSSR count). The molecule has 1 saturated heterocycles. The molecule has 102 valence electrons. The van der Waals surface area contributed by atoms with E-state index < -0.39 is 0 Å². The lowest BCUT2D eigenvalue weighted by atomic mass is 10.0. The number of aromatic nitrogens is 1. The van der Waals surface area contributed by atoms with E-state index in [0.717, 1.165) is 38.0 Å². The largest absolute Gasteiger partial charge is 0.381 e. The lowest BCUT2D eigenvalue weighted by molar-refractivity contribution is -0.141. The highest BCUT2D eigenvalue weighted by Crippen LogP contribution is 2.30. The van der Waals surface area contributed by atoms with Gasteiger partial charge in [-0.1, -0.05) is 6.07 Å². The van der Waals surface area contributed by atoms with E-state index in [1.165, 1.54) is 0 Å². The minimum absolute atomic E-state index is 0.0538. The number of amides is 1. The lowest BCUT2D eigenvalue weighted by Gasteiger charge is -2.29. The van der Waals surface area contributed by atoms with Gasteiger partial charge in [0.2, 0.25) is 5.91 Å². The van der Waals surface area contributed by atoms with Crippen molar-refractivity contribution >= 4 is 5.91 Å². The first kappa shape index (κ1) is 12.6. The highest BCUT2D eigenvalue weighted by atomic mass is 16.5. The topological polar surface area (TPSA) is 42.4 Å². The van der Waals surface area contributed by atoms with Crippen LogP contribution in [-0.2, 0) is 16.1 Å². The Morgan fingerprint density at radius 3 is 2.89 bits per heavy atom. The molecule has 0 aromatic carbocycles. The molecule has 2 fully saturated rings. The van der Waals surface area contributed by atoms with Crippen molar-refractivity contribution in [3.8, 4) is 0 Å². The van der Waals surface area contributed by atoms with Crippen LogP contribution >= 0.6 is 0 Å². The van der Waals surface area contributed by atoms with E-state index in [9.17, 15) is 4.79 Å². The van der Waals surface area contributed by atoms with E-state index in [-0.39, 0.29) is 11.8 Å². The maximum atomic E-state index is 12.6. The van der Waals surface area contributed by atoms with Gasteiger partial charge in [-0.2, -0.15) is 0 Å². The van der Waals surface area contributed by atoms with Crippen molar-refractivity contribution in [1.29, 1.82) is 0 Å². The molecule has 0 radical (unpaired) electrons. The monoisotopic (exact) mass is 260 g/mol. The molecule has 2 aliphatic rings. The van der Waals surface area contributed by atoms with Gasteiger partial charge in [-0.05, 0) is 37.8 Å². The van der Waals surface area contributed by atoms with Gasteiger partial charge in [0.05, 0.1) is 24.8 Å². The summed E-state index contributed by atoms with van der Waals surface area (Å²) < 4.78 is 5.44. The Bertz CT molecular complexity index is 425. The fourth-order valence-electron chi connectivity index (χ4n) is 2.61. The number of ether oxygens (including phenoxy) is 1. The molecule has 1 aromatic rings. The second-order valence-corrected chi connectivity index (χ2v) is 5.43. The lowest BCUT2D eigenvalue weighted by Crippen LogP contribution is -2.40. The molecule has 1 atom stereocenters. The average Bonchev–Trinajstić information content (AvgIpc) is 3.31. The Balaban J connectivity index is 1.68. The van der Waals surface area contributed by atoms with E-state index in [1.807, 2.05) is 23.1 Å². The molecular weight excluding hydrogens is 240 g/mol. The maximum Gasteiger partial charge on any atom is 0.228 e. The fraction of sp³-hybridized carbons (Fsp3) is 0.600. The van der Waals surface area contributed by atoms with E-state index in [4.69, 9.17) is 4.74 Å². The number of hydrogen-bond donors (Lipinski definition) is 0. The van der Waals surface area contributed by atoms with Gasteiger partial charge in [0.15, 0.2) is 0 Å². The zero-order valence-corrected chi connectivity index (χ0v) is 11.1. The molecule has 1 aromatic heterocycles. The van der Waals surface area contributed by atoms with Gasteiger partial charge in [0.25, 0.3) is 0 Å². The summed E-state index contributed by atoms with van der Waals surface area (Å²) in [5.74, 6) is 0.311. The number of pyridine rings is 1. The minimum Gasteiger partial charge on any atom is -0.381 e. The van der Waals surface area contributed by atoms with Crippen LogP contribution in [-0.4, -0.2) is 35.0 Å². The van der Waals surface area contributed by atoms with Crippen molar-refractivity contribution in [1.82, 2.24) is 9.88 Å². The van der Waals surface area contributed by atoms with E-state index in [0.29, 0.717) is 19.2 Å². The second-order valence-electron chi connectivity index (χ2n) is 5.43. The number of carbonyl (C=O) groups excluding carboxylic acids is 1. The standard InChI is InChI=1S/C15H20N2O2/c18-15(12-4-3-9-19-11-12)17(14-6-7-14)10-13-5-1-2-8-16-13/h1-2,5,8,12,14H,3-4,6-7,9-11H2. The van der Waals surface area contributed by atoms with Gasteiger partial charge in [-0.15, -0.1) is 0 Å². The summed E-state index contributed by atoms with van der Waals surface area (Å²) in [6.07, 6.45) is 6.01. The normalized spacial score (nSPS) is 23.1. The van der Waals surface area contributed by atoms with Crippen molar-refractivity contribution in [3.05, 3.63) is 30.1 Å². The predicted octanol–water partition coefficient (Wildman–Crippen LogP) is 2.00. The molecule has 1 amide bonds. The SMILES string of the molecule is O=C(C1CCCOC1)N(Cc1ccccn1)C1CC1. The van der Waals surface area contributed by atoms with Crippen molar-refractivity contribution in [2.45, 2.75) is 38.3 Å². The molecule has 1 saturated carbocycles.